The van der Waals surface area contributed by atoms with Gasteiger partial charge in [0.25, 0.3) is 0 Å². The predicted octanol–water partition coefficient (Wildman–Crippen LogP) is 4.61. The minimum absolute atomic E-state index is 0.0151. The lowest BCUT2D eigenvalue weighted by molar-refractivity contribution is 0.476. The number of halogens is 2. The molecule has 1 rings (SSSR count). The average molecular weight is 255 g/mol. The maximum atomic E-state index is 13.6. The Hall–Kier alpha value is -1.38. The van der Waals surface area contributed by atoms with E-state index in [2.05, 4.69) is 11.9 Å². The van der Waals surface area contributed by atoms with Crippen molar-refractivity contribution in [2.75, 3.05) is 6.54 Å². The molecule has 0 aromatic heterocycles. The molecule has 3 heteroatoms. The van der Waals surface area contributed by atoms with Crippen LogP contribution in [0.15, 0.2) is 31.0 Å². The second-order valence-corrected chi connectivity index (χ2v) is 3.74. The minimum atomic E-state index is -0.780. The van der Waals surface area contributed by atoms with E-state index in [1.165, 1.54) is 0 Å². The molecule has 18 heavy (non-hydrogen) atoms. The van der Waals surface area contributed by atoms with Crippen molar-refractivity contribution in [2.45, 2.75) is 39.5 Å². The summed E-state index contributed by atoms with van der Waals surface area (Å²) in [6.07, 6.45) is 3.32. The van der Waals surface area contributed by atoms with Gasteiger partial charge < -0.3 is 5.32 Å². The topological polar surface area (TPSA) is 12.0 Å². The van der Waals surface area contributed by atoms with Crippen molar-refractivity contribution in [2.24, 2.45) is 0 Å². The van der Waals surface area contributed by atoms with Crippen LogP contribution >= 0.6 is 0 Å². The zero-order chi connectivity index (χ0) is 14.0. The van der Waals surface area contributed by atoms with Crippen LogP contribution in [-0.2, 0) is 0 Å². The molecule has 0 aliphatic carbocycles. The number of rotatable bonds is 6. The van der Waals surface area contributed by atoms with E-state index >= 15 is 0 Å². The summed E-state index contributed by atoms with van der Waals surface area (Å²) >= 11 is 0. The van der Waals surface area contributed by atoms with Crippen molar-refractivity contribution in [3.8, 4) is 0 Å². The molecule has 0 spiro atoms. The van der Waals surface area contributed by atoms with Crippen molar-refractivity contribution in [1.29, 1.82) is 0 Å². The van der Waals surface area contributed by atoms with Gasteiger partial charge in [0.15, 0.2) is 11.6 Å². The molecule has 0 fully saturated rings. The molecule has 1 aromatic carbocycles. The van der Waals surface area contributed by atoms with Crippen LogP contribution in [0.3, 0.4) is 0 Å². The lowest BCUT2D eigenvalue weighted by Crippen LogP contribution is -2.17. The van der Waals surface area contributed by atoms with Crippen molar-refractivity contribution in [3.63, 3.8) is 0 Å². The second-order valence-electron chi connectivity index (χ2n) is 3.74. The summed E-state index contributed by atoms with van der Waals surface area (Å²) in [5, 5.41) is 2.95. The molecule has 0 radical (unpaired) electrons. The second kappa shape index (κ2) is 9.63. The molecule has 0 amide bonds. The van der Waals surface area contributed by atoms with Crippen LogP contribution in [0.5, 0.6) is 0 Å². The highest BCUT2D eigenvalue weighted by Crippen LogP contribution is 2.24. The fourth-order valence-electron chi connectivity index (χ4n) is 1.78. The largest absolute Gasteiger partial charge is 0.391 e. The van der Waals surface area contributed by atoms with Gasteiger partial charge in [-0.2, -0.15) is 0 Å². The van der Waals surface area contributed by atoms with Crippen LogP contribution < -0.4 is 5.32 Å². The third-order valence-electron chi connectivity index (χ3n) is 2.57. The Labute approximate surface area is 109 Å². The average Bonchev–Trinajstić information content (AvgIpc) is 2.40. The highest BCUT2D eigenvalue weighted by molar-refractivity contribution is 5.23. The van der Waals surface area contributed by atoms with E-state index in [1.807, 2.05) is 20.8 Å². The maximum Gasteiger partial charge on any atom is 0.162 e. The third-order valence-corrected chi connectivity index (χ3v) is 2.57. The standard InChI is InChI=1S/C13H17F2N.C2H6/c1-3-6-10(9-16-4-2)11-7-5-8-12(14)13(11)15;1-2/h4-5,7-8,10,16H,2-3,6,9H2,1H3;1-2H3. The zero-order valence-corrected chi connectivity index (χ0v) is 11.5. The Morgan fingerprint density at radius 3 is 2.56 bits per heavy atom. The van der Waals surface area contributed by atoms with Crippen molar-refractivity contribution in [1.82, 2.24) is 5.32 Å². The van der Waals surface area contributed by atoms with Gasteiger partial charge >= 0.3 is 0 Å². The monoisotopic (exact) mass is 255 g/mol. The summed E-state index contributed by atoms with van der Waals surface area (Å²) in [4.78, 5) is 0. The molecule has 1 N–H and O–H groups in total. The summed E-state index contributed by atoms with van der Waals surface area (Å²) in [5.41, 5.74) is 0.441. The van der Waals surface area contributed by atoms with Crippen LogP contribution in [0.25, 0.3) is 0 Å². The van der Waals surface area contributed by atoms with Crippen LogP contribution in [-0.4, -0.2) is 6.54 Å². The Morgan fingerprint density at radius 1 is 1.33 bits per heavy atom. The highest BCUT2D eigenvalue weighted by Gasteiger charge is 2.16. The van der Waals surface area contributed by atoms with Gasteiger partial charge in [-0.15, -0.1) is 0 Å². The fourth-order valence-corrected chi connectivity index (χ4v) is 1.78. The summed E-state index contributed by atoms with van der Waals surface area (Å²) < 4.78 is 26.7. The van der Waals surface area contributed by atoms with E-state index in [4.69, 9.17) is 0 Å². The Kier molecular flexibility index (Phi) is 8.89. The van der Waals surface area contributed by atoms with Gasteiger partial charge in [-0.1, -0.05) is 45.9 Å². The first-order chi connectivity index (χ1) is 8.70. The first-order valence-electron chi connectivity index (χ1n) is 6.48. The molecule has 102 valence electrons. The van der Waals surface area contributed by atoms with Gasteiger partial charge in [0, 0.05) is 12.5 Å². The summed E-state index contributed by atoms with van der Waals surface area (Å²) in [5.74, 6) is -1.53. The maximum absolute atomic E-state index is 13.6. The van der Waals surface area contributed by atoms with Gasteiger partial charge in [0.05, 0.1) is 0 Å². The molecule has 1 aromatic rings. The van der Waals surface area contributed by atoms with E-state index in [0.29, 0.717) is 12.1 Å². The van der Waals surface area contributed by atoms with Crippen molar-refractivity contribution in [3.05, 3.63) is 48.2 Å². The van der Waals surface area contributed by atoms with Crippen LogP contribution in [0.4, 0.5) is 8.78 Å². The third kappa shape index (κ3) is 4.86. The summed E-state index contributed by atoms with van der Waals surface area (Å²) in [6, 6.07) is 4.33. The quantitative estimate of drug-likeness (QED) is 0.782. The van der Waals surface area contributed by atoms with E-state index < -0.39 is 11.6 Å². The van der Waals surface area contributed by atoms with E-state index in [9.17, 15) is 8.78 Å². The number of hydrogen-bond donors (Lipinski definition) is 1. The van der Waals surface area contributed by atoms with Crippen LogP contribution in [0.1, 0.15) is 45.1 Å². The Bertz CT molecular complexity index is 350. The van der Waals surface area contributed by atoms with E-state index in [1.54, 1.807) is 18.3 Å². The fraction of sp³-hybridized carbons (Fsp3) is 0.467. The van der Waals surface area contributed by atoms with Crippen molar-refractivity contribution >= 4 is 0 Å². The Morgan fingerprint density at radius 2 is 2.00 bits per heavy atom. The number of hydrogen-bond acceptors (Lipinski definition) is 1. The number of nitrogens with one attached hydrogen (secondary N) is 1. The molecule has 0 saturated heterocycles. The van der Waals surface area contributed by atoms with E-state index in [-0.39, 0.29) is 5.92 Å². The molecule has 1 atom stereocenters. The summed E-state index contributed by atoms with van der Waals surface area (Å²) in [7, 11) is 0. The first kappa shape index (κ1) is 16.6. The predicted molar refractivity (Wildman–Crippen MR) is 73.6 cm³/mol. The summed E-state index contributed by atoms with van der Waals surface area (Å²) in [6.45, 7) is 10.2. The van der Waals surface area contributed by atoms with E-state index in [0.717, 1.165) is 18.9 Å². The lowest BCUT2D eigenvalue weighted by atomic mass is 9.94. The normalized spacial score (nSPS) is 11.2. The molecule has 0 saturated carbocycles. The SMILES string of the molecule is C=CNCC(CCC)c1cccc(F)c1F.CC. The minimum Gasteiger partial charge on any atom is -0.391 e. The molecule has 1 nitrogen and oxygen atoms in total. The van der Waals surface area contributed by atoms with Gasteiger partial charge in [0.1, 0.15) is 0 Å². The zero-order valence-electron chi connectivity index (χ0n) is 11.5. The molecule has 0 heterocycles. The molecular weight excluding hydrogens is 232 g/mol. The van der Waals surface area contributed by atoms with Gasteiger partial charge in [-0.3, -0.25) is 0 Å². The lowest BCUT2D eigenvalue weighted by Gasteiger charge is -2.17. The van der Waals surface area contributed by atoms with Gasteiger partial charge in [0.2, 0.25) is 0 Å². The van der Waals surface area contributed by atoms with Crippen LogP contribution in [0.2, 0.25) is 0 Å². The first-order valence-corrected chi connectivity index (χ1v) is 6.48. The smallest absolute Gasteiger partial charge is 0.162 e. The Balaban J connectivity index is 0.00000137. The highest BCUT2D eigenvalue weighted by atomic mass is 19.2. The van der Waals surface area contributed by atoms with Gasteiger partial charge in [-0.05, 0) is 24.3 Å². The van der Waals surface area contributed by atoms with Gasteiger partial charge in [-0.25, -0.2) is 8.78 Å². The van der Waals surface area contributed by atoms with Crippen LogP contribution in [0, 0.1) is 11.6 Å². The van der Waals surface area contributed by atoms with Crippen molar-refractivity contribution < 1.29 is 8.78 Å². The number of benzene rings is 1. The molecule has 0 aliphatic heterocycles. The molecular formula is C15H23F2N. The molecule has 0 aliphatic rings. The molecule has 0 bridgehead atoms. The molecule has 1 unspecified atom stereocenters.